The summed E-state index contributed by atoms with van der Waals surface area (Å²) in [5.41, 5.74) is 5.09. The van der Waals surface area contributed by atoms with Crippen molar-refractivity contribution in [3.8, 4) is 11.3 Å². The smallest absolute Gasteiger partial charge is 0.307 e. The number of halogens is 1. The molecule has 1 N–H and O–H groups in total. The van der Waals surface area contributed by atoms with E-state index in [-0.39, 0.29) is 5.76 Å². The van der Waals surface area contributed by atoms with Crippen LogP contribution in [0, 0.1) is 6.92 Å². The maximum Gasteiger partial charge on any atom is 0.307 e. The molecule has 2 aromatic heterocycles. The number of furan rings is 2. The monoisotopic (exact) mass is 428 g/mol. The summed E-state index contributed by atoms with van der Waals surface area (Å²) in [6.07, 6.45) is 1.44. The van der Waals surface area contributed by atoms with E-state index in [2.05, 4.69) is 10.5 Å². The van der Waals surface area contributed by atoms with Gasteiger partial charge in [0.2, 0.25) is 0 Å². The van der Waals surface area contributed by atoms with Crippen molar-refractivity contribution in [1.82, 2.24) is 5.43 Å². The summed E-state index contributed by atoms with van der Waals surface area (Å²) in [4.78, 5) is 12.5. The molecule has 0 saturated carbocycles. The predicted molar refractivity (Wildman–Crippen MR) is 123 cm³/mol. The molecule has 0 radical (unpaired) electrons. The van der Waals surface area contributed by atoms with Crippen LogP contribution >= 0.6 is 11.6 Å². The van der Waals surface area contributed by atoms with Gasteiger partial charge in [-0.15, -0.1) is 0 Å². The SMILES string of the molecule is Cc1ccc(Cl)cc1-c1ccc(C=NNC(=O)c2cc3c(ccc4ccccc43)o2)o1. The number of nitrogens with one attached hydrogen (secondary N) is 1. The van der Waals surface area contributed by atoms with Crippen LogP contribution in [0.3, 0.4) is 0 Å². The molecule has 6 heteroatoms. The van der Waals surface area contributed by atoms with Crippen LogP contribution in [0.5, 0.6) is 0 Å². The lowest BCUT2D eigenvalue weighted by Gasteiger charge is -2.02. The number of rotatable bonds is 4. The van der Waals surface area contributed by atoms with Crippen molar-refractivity contribution in [1.29, 1.82) is 0 Å². The number of nitrogens with zero attached hydrogens (tertiary/aromatic N) is 1. The Morgan fingerprint density at radius 3 is 2.74 bits per heavy atom. The second kappa shape index (κ2) is 7.78. The van der Waals surface area contributed by atoms with Crippen molar-refractivity contribution >= 4 is 45.5 Å². The Hall–Kier alpha value is -3.83. The summed E-state index contributed by atoms with van der Waals surface area (Å²) in [7, 11) is 0. The topological polar surface area (TPSA) is 67.7 Å². The highest BCUT2D eigenvalue weighted by atomic mass is 35.5. The normalized spacial score (nSPS) is 11.5. The average Bonchev–Trinajstić information content (AvgIpc) is 3.43. The van der Waals surface area contributed by atoms with Crippen LogP contribution in [0.4, 0.5) is 0 Å². The van der Waals surface area contributed by atoms with E-state index in [1.807, 2.05) is 67.6 Å². The van der Waals surface area contributed by atoms with Crippen molar-refractivity contribution in [2.45, 2.75) is 6.92 Å². The van der Waals surface area contributed by atoms with Crippen molar-refractivity contribution in [3.05, 3.63) is 94.9 Å². The van der Waals surface area contributed by atoms with Crippen LogP contribution in [0.15, 0.2) is 86.7 Å². The Balaban J connectivity index is 1.33. The molecule has 152 valence electrons. The number of benzene rings is 3. The zero-order valence-corrected chi connectivity index (χ0v) is 17.3. The highest BCUT2D eigenvalue weighted by Gasteiger charge is 2.13. The molecule has 5 nitrogen and oxygen atoms in total. The molecule has 2 heterocycles. The van der Waals surface area contributed by atoms with Gasteiger partial charge in [0, 0.05) is 16.0 Å². The van der Waals surface area contributed by atoms with Gasteiger partial charge in [0.1, 0.15) is 17.1 Å². The molecule has 0 aliphatic carbocycles. The lowest BCUT2D eigenvalue weighted by molar-refractivity contribution is 0.0929. The lowest BCUT2D eigenvalue weighted by Crippen LogP contribution is -2.16. The van der Waals surface area contributed by atoms with Gasteiger partial charge in [0.05, 0.1) is 6.21 Å². The summed E-state index contributed by atoms with van der Waals surface area (Å²) in [6, 6.07) is 22.8. The minimum absolute atomic E-state index is 0.193. The fraction of sp³-hybridized carbons (Fsp3) is 0.0400. The summed E-state index contributed by atoms with van der Waals surface area (Å²) in [5, 5.41) is 7.64. The number of fused-ring (bicyclic) bond motifs is 3. The van der Waals surface area contributed by atoms with E-state index < -0.39 is 5.91 Å². The van der Waals surface area contributed by atoms with E-state index in [1.54, 1.807) is 12.1 Å². The quantitative estimate of drug-likeness (QED) is 0.260. The van der Waals surface area contributed by atoms with Crippen LogP contribution < -0.4 is 5.43 Å². The van der Waals surface area contributed by atoms with Crippen LogP contribution in [-0.4, -0.2) is 12.1 Å². The molecule has 0 unspecified atom stereocenters. The van der Waals surface area contributed by atoms with Gasteiger partial charge in [0.15, 0.2) is 5.76 Å². The molecule has 5 aromatic rings. The molecule has 3 aromatic carbocycles. The second-order valence-corrected chi connectivity index (χ2v) is 7.61. The van der Waals surface area contributed by atoms with Gasteiger partial charge in [0.25, 0.3) is 0 Å². The number of carbonyl (C=O) groups is 1. The van der Waals surface area contributed by atoms with E-state index >= 15 is 0 Å². The lowest BCUT2D eigenvalue weighted by atomic mass is 10.1. The van der Waals surface area contributed by atoms with Crippen LogP contribution in [0.2, 0.25) is 5.02 Å². The molecule has 0 atom stereocenters. The fourth-order valence-electron chi connectivity index (χ4n) is 3.54. The number of hydrazone groups is 1. The molecular weight excluding hydrogens is 412 g/mol. The van der Waals surface area contributed by atoms with E-state index in [0.29, 0.717) is 22.1 Å². The zero-order chi connectivity index (χ0) is 21.4. The highest BCUT2D eigenvalue weighted by Crippen LogP contribution is 2.29. The summed E-state index contributed by atoms with van der Waals surface area (Å²) >= 11 is 6.09. The summed E-state index contributed by atoms with van der Waals surface area (Å²) < 4.78 is 11.5. The Kier molecular flexibility index (Phi) is 4.81. The number of carbonyl (C=O) groups excluding carboxylic acids is 1. The third-order valence-electron chi connectivity index (χ3n) is 5.10. The molecule has 0 spiro atoms. The third kappa shape index (κ3) is 3.71. The molecular formula is C25H17ClN2O3. The fourth-order valence-corrected chi connectivity index (χ4v) is 3.71. The molecule has 0 saturated heterocycles. The first-order valence-corrected chi connectivity index (χ1v) is 10.1. The molecule has 0 aliphatic heterocycles. The van der Waals surface area contributed by atoms with E-state index in [9.17, 15) is 4.79 Å². The maximum atomic E-state index is 12.5. The Morgan fingerprint density at radius 2 is 1.84 bits per heavy atom. The molecule has 0 aliphatic rings. The first-order valence-electron chi connectivity index (χ1n) is 9.69. The van der Waals surface area contributed by atoms with Gasteiger partial charge in [-0.2, -0.15) is 5.10 Å². The van der Waals surface area contributed by atoms with Crippen molar-refractivity contribution < 1.29 is 13.6 Å². The van der Waals surface area contributed by atoms with Gasteiger partial charge >= 0.3 is 5.91 Å². The number of hydrogen-bond acceptors (Lipinski definition) is 4. The average molecular weight is 429 g/mol. The van der Waals surface area contributed by atoms with E-state index in [1.165, 1.54) is 6.21 Å². The van der Waals surface area contributed by atoms with Crippen molar-refractivity contribution in [2.24, 2.45) is 5.10 Å². The standard InChI is InChI=1S/C25H17ClN2O3/c1-15-6-8-17(26)12-20(15)22-11-9-18(30-22)14-27-28-25(29)24-13-21-19-5-3-2-4-16(19)7-10-23(21)31-24/h2-14H,1H3,(H,28,29). The number of amides is 1. The van der Waals surface area contributed by atoms with Gasteiger partial charge < -0.3 is 8.83 Å². The first kappa shape index (κ1) is 19.2. The zero-order valence-electron chi connectivity index (χ0n) is 16.6. The van der Waals surface area contributed by atoms with Crippen molar-refractivity contribution in [2.75, 3.05) is 0 Å². The Bertz CT molecular complexity index is 1460. The molecule has 0 bridgehead atoms. The Labute approximate surface area is 182 Å². The molecule has 1 amide bonds. The van der Waals surface area contributed by atoms with E-state index in [4.69, 9.17) is 20.4 Å². The van der Waals surface area contributed by atoms with E-state index in [0.717, 1.165) is 27.3 Å². The highest BCUT2D eigenvalue weighted by molar-refractivity contribution is 6.30. The second-order valence-electron chi connectivity index (χ2n) is 7.17. The molecule has 31 heavy (non-hydrogen) atoms. The Morgan fingerprint density at radius 1 is 0.968 bits per heavy atom. The van der Waals surface area contributed by atoms with Gasteiger partial charge in [-0.25, -0.2) is 5.43 Å². The van der Waals surface area contributed by atoms with Crippen LogP contribution in [0.1, 0.15) is 21.9 Å². The molecule has 0 fully saturated rings. The number of hydrogen-bond donors (Lipinski definition) is 1. The van der Waals surface area contributed by atoms with Gasteiger partial charge in [-0.1, -0.05) is 48.0 Å². The summed E-state index contributed by atoms with van der Waals surface area (Å²) in [5.74, 6) is 0.939. The minimum Gasteiger partial charge on any atom is -0.455 e. The van der Waals surface area contributed by atoms with Crippen LogP contribution in [-0.2, 0) is 0 Å². The van der Waals surface area contributed by atoms with Crippen LogP contribution in [0.25, 0.3) is 33.1 Å². The van der Waals surface area contributed by atoms with Gasteiger partial charge in [-0.05, 0) is 59.7 Å². The maximum absolute atomic E-state index is 12.5. The van der Waals surface area contributed by atoms with Gasteiger partial charge in [-0.3, -0.25) is 4.79 Å². The first-order chi connectivity index (χ1) is 15.1. The molecule has 5 rings (SSSR count). The largest absolute Gasteiger partial charge is 0.455 e. The summed E-state index contributed by atoms with van der Waals surface area (Å²) in [6.45, 7) is 1.98. The third-order valence-corrected chi connectivity index (χ3v) is 5.33. The van der Waals surface area contributed by atoms with Crippen molar-refractivity contribution in [3.63, 3.8) is 0 Å². The number of aryl methyl sites for hydroxylation is 1. The minimum atomic E-state index is -0.436. The predicted octanol–water partition coefficient (Wildman–Crippen LogP) is 6.57.